The van der Waals surface area contributed by atoms with Crippen LogP contribution in [0.5, 0.6) is 0 Å². The summed E-state index contributed by atoms with van der Waals surface area (Å²) in [6, 6.07) is 12.5. The molecular weight excluding hydrogens is 364 g/mol. The number of rotatable bonds is 6. The van der Waals surface area contributed by atoms with Gasteiger partial charge in [-0.2, -0.15) is 0 Å². The lowest BCUT2D eigenvalue weighted by Gasteiger charge is -2.13. The first-order valence-electron chi connectivity index (χ1n) is 7.54. The molecule has 2 N–H and O–H groups in total. The zero-order valence-electron chi connectivity index (χ0n) is 14.0. The summed E-state index contributed by atoms with van der Waals surface area (Å²) in [6.07, 6.45) is 2.41. The molecule has 2 aromatic carbocycles. The third-order valence-electron chi connectivity index (χ3n) is 3.23. The molecule has 3 nitrogen and oxygen atoms in total. The van der Waals surface area contributed by atoms with E-state index in [0.717, 1.165) is 23.8 Å². The van der Waals surface area contributed by atoms with Crippen LogP contribution in [0.4, 0.5) is 0 Å². The molecule has 0 aromatic heterocycles. The van der Waals surface area contributed by atoms with Gasteiger partial charge in [0.05, 0.1) is 5.02 Å². The number of carbonyl (C=O) groups excluding carboxylic acids is 1. The molecule has 0 saturated carbocycles. The van der Waals surface area contributed by atoms with Crippen molar-refractivity contribution in [2.24, 2.45) is 0 Å². The fourth-order valence-corrected chi connectivity index (χ4v) is 3.37. The molecule has 0 saturated heterocycles. The van der Waals surface area contributed by atoms with Gasteiger partial charge in [0.15, 0.2) is 5.78 Å². The summed E-state index contributed by atoms with van der Waals surface area (Å²) in [6.45, 7) is 4.70. The van der Waals surface area contributed by atoms with Crippen LogP contribution in [0.15, 0.2) is 42.5 Å². The minimum atomic E-state index is -1.44. The lowest BCUT2D eigenvalue weighted by atomic mass is 10.0. The van der Waals surface area contributed by atoms with Gasteiger partial charge in [0.1, 0.15) is 8.30 Å². The van der Waals surface area contributed by atoms with Crippen molar-refractivity contribution >= 4 is 42.6 Å². The van der Waals surface area contributed by atoms with Crippen LogP contribution in [0.1, 0.15) is 34.8 Å². The fraction of sp³-hybridized carbons (Fsp3) is 0.278. The average Bonchev–Trinajstić information content (AvgIpc) is 2.63. The van der Waals surface area contributed by atoms with Gasteiger partial charge in [-0.05, 0) is 31.5 Å². The normalized spacial score (nSPS) is 11.4. The van der Waals surface area contributed by atoms with Crippen LogP contribution in [0.25, 0.3) is 0 Å². The van der Waals surface area contributed by atoms with E-state index in [4.69, 9.17) is 11.6 Å². The third kappa shape index (κ3) is 5.84. The monoisotopic (exact) mass is 385 g/mol. The summed E-state index contributed by atoms with van der Waals surface area (Å²) >= 11 is 10.8. The summed E-state index contributed by atoms with van der Waals surface area (Å²) in [5.74, 6) is -0.130. The molecule has 2 rings (SSSR count). The second-order valence-corrected chi connectivity index (χ2v) is 6.95. The molecule has 0 spiro atoms. The lowest BCUT2D eigenvalue weighted by Crippen LogP contribution is -2.17. The van der Waals surface area contributed by atoms with E-state index in [1.165, 1.54) is 6.38 Å². The largest absolute Gasteiger partial charge is 0.356 e. The highest BCUT2D eigenvalue weighted by atomic mass is 35.5. The van der Waals surface area contributed by atoms with E-state index in [1.54, 1.807) is 30.3 Å². The van der Waals surface area contributed by atoms with E-state index < -0.39 is 8.30 Å². The minimum Gasteiger partial charge on any atom is -0.356 e. The number of nitrogens with one attached hydrogen (secondary N) is 1. The molecule has 0 bridgehead atoms. The number of ketones is 1. The fourth-order valence-electron chi connectivity index (χ4n) is 2.06. The maximum absolute atomic E-state index is 12.6. The molecule has 1 atom stereocenters. The molecule has 0 aliphatic heterocycles. The molecule has 1 unspecified atom stereocenters. The molecule has 0 fully saturated rings. The quantitative estimate of drug-likeness (QED) is 0.431. The first-order valence-corrected chi connectivity index (χ1v) is 9.97. The molecule has 0 aliphatic rings. The number of carbonyl (C=O) groups is 1. The SMILES string of the molecule is CCCNP(O)c1cccc(C(=O)c2cc(C)ccc2Cl)c1.CCl. The van der Waals surface area contributed by atoms with Crippen LogP contribution in [-0.4, -0.2) is 23.6 Å². The van der Waals surface area contributed by atoms with Gasteiger partial charge < -0.3 is 4.89 Å². The Morgan fingerprint density at radius 1 is 1.21 bits per heavy atom. The van der Waals surface area contributed by atoms with E-state index in [9.17, 15) is 9.69 Å². The number of alkyl halides is 1. The summed E-state index contributed by atoms with van der Waals surface area (Å²) in [7, 11) is -1.44. The van der Waals surface area contributed by atoms with Crippen molar-refractivity contribution in [1.82, 2.24) is 5.09 Å². The van der Waals surface area contributed by atoms with Gasteiger partial charge in [-0.1, -0.05) is 48.4 Å². The second-order valence-electron chi connectivity index (χ2n) is 5.08. The Kier molecular flexibility index (Phi) is 9.50. The minimum absolute atomic E-state index is 0.130. The highest BCUT2D eigenvalue weighted by molar-refractivity contribution is 7.57. The van der Waals surface area contributed by atoms with E-state index >= 15 is 0 Å². The molecule has 130 valence electrons. The van der Waals surface area contributed by atoms with Crippen LogP contribution in [0.3, 0.4) is 0 Å². The maximum atomic E-state index is 12.6. The van der Waals surface area contributed by atoms with Crippen LogP contribution < -0.4 is 10.4 Å². The Morgan fingerprint density at radius 2 is 1.92 bits per heavy atom. The maximum Gasteiger partial charge on any atom is 0.194 e. The predicted molar refractivity (Wildman–Crippen MR) is 105 cm³/mol. The predicted octanol–water partition coefficient (Wildman–Crippen LogP) is 4.66. The first-order chi connectivity index (χ1) is 11.5. The number of hydrogen-bond acceptors (Lipinski definition) is 3. The lowest BCUT2D eigenvalue weighted by molar-refractivity contribution is 0.103. The molecule has 2 aromatic rings. The van der Waals surface area contributed by atoms with Crippen molar-refractivity contribution in [2.45, 2.75) is 20.3 Å². The zero-order chi connectivity index (χ0) is 18.1. The topological polar surface area (TPSA) is 49.3 Å². The zero-order valence-corrected chi connectivity index (χ0v) is 16.4. The standard InChI is InChI=1S/C17H19ClNO2P.CH3Cl/c1-3-9-19-22(21)14-6-4-5-13(11-14)17(20)15-10-12(2)7-8-16(15)18;1-2/h4-8,10-11,19,21H,3,9H2,1-2H3;1H3. The van der Waals surface area contributed by atoms with Gasteiger partial charge in [0, 0.05) is 29.4 Å². The summed E-state index contributed by atoms with van der Waals surface area (Å²) in [5, 5.41) is 4.23. The Hall–Kier alpha value is -0.960. The van der Waals surface area contributed by atoms with Gasteiger partial charge in [0.25, 0.3) is 0 Å². The van der Waals surface area contributed by atoms with Crippen molar-refractivity contribution in [1.29, 1.82) is 0 Å². The van der Waals surface area contributed by atoms with Crippen LogP contribution in [-0.2, 0) is 0 Å². The van der Waals surface area contributed by atoms with E-state index in [2.05, 4.69) is 16.7 Å². The van der Waals surface area contributed by atoms with E-state index in [-0.39, 0.29) is 5.78 Å². The van der Waals surface area contributed by atoms with Crippen molar-refractivity contribution in [3.63, 3.8) is 0 Å². The summed E-state index contributed by atoms with van der Waals surface area (Å²) < 4.78 is 0. The van der Waals surface area contributed by atoms with Gasteiger partial charge in [-0.25, -0.2) is 0 Å². The van der Waals surface area contributed by atoms with Gasteiger partial charge in [-0.3, -0.25) is 9.88 Å². The van der Waals surface area contributed by atoms with E-state index in [0.29, 0.717) is 16.1 Å². The summed E-state index contributed by atoms with van der Waals surface area (Å²) in [5.41, 5.74) is 2.00. The Balaban J connectivity index is 0.00000139. The molecule has 0 aliphatic carbocycles. The van der Waals surface area contributed by atoms with Crippen molar-refractivity contribution < 1.29 is 9.69 Å². The Labute approximate surface area is 154 Å². The number of aryl methyl sites for hydroxylation is 1. The molecule has 0 amide bonds. The third-order valence-corrected chi connectivity index (χ3v) is 4.85. The van der Waals surface area contributed by atoms with Gasteiger partial charge in [-0.15, -0.1) is 11.6 Å². The number of benzene rings is 2. The van der Waals surface area contributed by atoms with Crippen LogP contribution >= 0.6 is 31.5 Å². The molecule has 0 heterocycles. The molecule has 6 heteroatoms. The van der Waals surface area contributed by atoms with Crippen molar-refractivity contribution in [3.8, 4) is 0 Å². The van der Waals surface area contributed by atoms with Crippen LogP contribution in [0.2, 0.25) is 5.02 Å². The Morgan fingerprint density at radius 3 is 2.58 bits per heavy atom. The van der Waals surface area contributed by atoms with Crippen molar-refractivity contribution in [3.05, 3.63) is 64.2 Å². The van der Waals surface area contributed by atoms with Crippen molar-refractivity contribution in [2.75, 3.05) is 12.9 Å². The molecule has 0 radical (unpaired) electrons. The highest BCUT2D eigenvalue weighted by Crippen LogP contribution is 2.25. The Bertz CT molecular complexity index is 680. The number of halogens is 2. The van der Waals surface area contributed by atoms with E-state index in [1.807, 2.05) is 26.0 Å². The molecule has 24 heavy (non-hydrogen) atoms. The summed E-state index contributed by atoms with van der Waals surface area (Å²) in [4.78, 5) is 22.8. The number of hydrogen-bond donors (Lipinski definition) is 2. The highest BCUT2D eigenvalue weighted by Gasteiger charge is 2.15. The smallest absolute Gasteiger partial charge is 0.194 e. The second kappa shape index (κ2) is 10.8. The average molecular weight is 386 g/mol. The van der Waals surface area contributed by atoms with Crippen LogP contribution in [0, 0.1) is 6.92 Å². The van der Waals surface area contributed by atoms with Gasteiger partial charge in [0.2, 0.25) is 0 Å². The van der Waals surface area contributed by atoms with Gasteiger partial charge >= 0.3 is 0 Å². The first kappa shape index (κ1) is 21.1. The molecular formula is C18H22Cl2NO2P.